The molecule has 0 unspecified atom stereocenters. The van der Waals surface area contributed by atoms with Gasteiger partial charge in [-0.3, -0.25) is 14.4 Å². The maximum Gasteiger partial charge on any atom is 0.239 e. The summed E-state index contributed by atoms with van der Waals surface area (Å²) in [5, 5.41) is 0. The summed E-state index contributed by atoms with van der Waals surface area (Å²) < 4.78 is -0.502. The summed E-state index contributed by atoms with van der Waals surface area (Å²) in [4.78, 5) is 40.2. The topological polar surface area (TPSA) is 54.5 Å². The van der Waals surface area contributed by atoms with E-state index in [0.717, 1.165) is 0 Å². The van der Waals surface area contributed by atoms with Crippen LogP contribution in [0.15, 0.2) is 30.3 Å². The monoisotopic (exact) mass is 343 g/mol. The highest BCUT2D eigenvalue weighted by molar-refractivity contribution is 8.01. The molecule has 0 bridgehead atoms. The zero-order chi connectivity index (χ0) is 17.5. The van der Waals surface area contributed by atoms with Crippen molar-refractivity contribution >= 4 is 35.0 Å². The second kappa shape index (κ2) is 4.51. The normalized spacial score (nSPS) is 32.2. The fourth-order valence-electron chi connectivity index (χ4n) is 5.47. The largest absolute Gasteiger partial charge is 0.298 e. The van der Waals surface area contributed by atoms with E-state index in [2.05, 4.69) is 0 Å². The molecule has 1 saturated carbocycles. The fourth-order valence-corrected chi connectivity index (χ4v) is 7.60. The number of carbonyl (C=O) groups is 3. The zero-order valence-corrected chi connectivity index (χ0v) is 15.1. The average Bonchev–Trinajstić information content (AvgIpc) is 3.07. The number of anilines is 1. The first-order valence-electron chi connectivity index (χ1n) is 8.29. The standard InChI is InChI=1S/C19H21NO3S/c1-17(2)16(23)18(3,4)19(17)13-12(10-24-19)14(21)20(15(13)22)11-8-6-5-7-9-11/h5-9,12-13H,10H2,1-4H3/t12-,13-/m1/s1. The van der Waals surface area contributed by atoms with E-state index in [9.17, 15) is 14.4 Å². The number of hydrogen-bond acceptors (Lipinski definition) is 4. The first-order chi connectivity index (χ1) is 11.2. The molecule has 2 aliphatic heterocycles. The minimum atomic E-state index is -0.594. The van der Waals surface area contributed by atoms with Crippen molar-refractivity contribution in [1.29, 1.82) is 0 Å². The Kier molecular flexibility index (Phi) is 2.98. The first kappa shape index (κ1) is 15.9. The lowest BCUT2D eigenvalue weighted by molar-refractivity contribution is -0.166. The van der Waals surface area contributed by atoms with Gasteiger partial charge in [0, 0.05) is 16.6 Å². The molecule has 3 fully saturated rings. The van der Waals surface area contributed by atoms with Gasteiger partial charge in [0.2, 0.25) is 11.8 Å². The highest BCUT2D eigenvalue weighted by Gasteiger charge is 2.81. The third-order valence-corrected chi connectivity index (χ3v) is 8.62. The summed E-state index contributed by atoms with van der Waals surface area (Å²) in [5.41, 5.74) is -0.560. The van der Waals surface area contributed by atoms with Crippen molar-refractivity contribution in [1.82, 2.24) is 0 Å². The molecule has 1 spiro atoms. The van der Waals surface area contributed by atoms with E-state index in [4.69, 9.17) is 0 Å². The van der Waals surface area contributed by atoms with Crippen LogP contribution in [0.3, 0.4) is 0 Å². The number of Topliss-reactive ketones (excluding diaryl/α,β-unsaturated/α-hetero) is 1. The fraction of sp³-hybridized carbons (Fsp3) is 0.526. The van der Waals surface area contributed by atoms with Crippen LogP contribution in [0.4, 0.5) is 5.69 Å². The number of amides is 2. The Morgan fingerprint density at radius 2 is 1.54 bits per heavy atom. The molecule has 0 aromatic heterocycles. The highest BCUT2D eigenvalue weighted by atomic mass is 32.2. The number of imide groups is 1. The van der Waals surface area contributed by atoms with Crippen molar-refractivity contribution in [3.05, 3.63) is 30.3 Å². The van der Waals surface area contributed by atoms with Gasteiger partial charge in [-0.1, -0.05) is 45.9 Å². The molecular formula is C19H21NO3S. The molecule has 5 heteroatoms. The van der Waals surface area contributed by atoms with Gasteiger partial charge in [-0.15, -0.1) is 0 Å². The van der Waals surface area contributed by atoms with Gasteiger partial charge in [0.1, 0.15) is 5.78 Å². The number of rotatable bonds is 1. The quantitative estimate of drug-likeness (QED) is 0.736. The lowest BCUT2D eigenvalue weighted by atomic mass is 9.42. The molecule has 2 amide bonds. The molecule has 0 radical (unpaired) electrons. The number of para-hydroxylation sites is 1. The molecule has 1 aliphatic carbocycles. The van der Waals surface area contributed by atoms with Gasteiger partial charge in [0.05, 0.1) is 22.3 Å². The van der Waals surface area contributed by atoms with Gasteiger partial charge >= 0.3 is 0 Å². The van der Waals surface area contributed by atoms with E-state index in [1.165, 1.54) is 4.90 Å². The predicted octanol–water partition coefficient (Wildman–Crippen LogP) is 2.91. The van der Waals surface area contributed by atoms with Gasteiger partial charge in [-0.2, -0.15) is 11.8 Å². The van der Waals surface area contributed by atoms with Gasteiger partial charge in [-0.05, 0) is 12.1 Å². The summed E-state index contributed by atoms with van der Waals surface area (Å²) in [5.74, 6) is -0.214. The molecule has 0 N–H and O–H groups in total. The van der Waals surface area contributed by atoms with E-state index in [1.54, 1.807) is 23.9 Å². The van der Waals surface area contributed by atoms with E-state index < -0.39 is 21.5 Å². The Labute approximate surface area is 146 Å². The molecule has 126 valence electrons. The highest BCUT2D eigenvalue weighted by Crippen LogP contribution is 2.74. The third-order valence-electron chi connectivity index (χ3n) is 6.36. The van der Waals surface area contributed by atoms with Crippen molar-refractivity contribution in [3.8, 4) is 0 Å². The Balaban J connectivity index is 1.82. The van der Waals surface area contributed by atoms with E-state index >= 15 is 0 Å². The molecule has 1 aromatic carbocycles. The van der Waals surface area contributed by atoms with Crippen LogP contribution >= 0.6 is 11.8 Å². The molecule has 2 atom stereocenters. The lowest BCUT2D eigenvalue weighted by Gasteiger charge is -2.65. The average molecular weight is 343 g/mol. The second-order valence-electron chi connectivity index (χ2n) is 8.06. The van der Waals surface area contributed by atoms with Crippen molar-refractivity contribution in [3.63, 3.8) is 0 Å². The molecule has 2 heterocycles. The van der Waals surface area contributed by atoms with Crippen LogP contribution in [0.2, 0.25) is 0 Å². The van der Waals surface area contributed by atoms with Crippen LogP contribution in [-0.2, 0) is 14.4 Å². The molecule has 1 aromatic rings. The Bertz CT molecular complexity index is 750. The third kappa shape index (κ3) is 1.46. The summed E-state index contributed by atoms with van der Waals surface area (Å²) in [7, 11) is 0. The molecule has 4 nitrogen and oxygen atoms in total. The van der Waals surface area contributed by atoms with Crippen molar-refractivity contribution in [2.24, 2.45) is 22.7 Å². The van der Waals surface area contributed by atoms with E-state index in [0.29, 0.717) is 11.4 Å². The number of ketones is 1. The maximum atomic E-state index is 13.3. The van der Waals surface area contributed by atoms with Gasteiger partial charge in [0.15, 0.2) is 0 Å². The van der Waals surface area contributed by atoms with Crippen molar-refractivity contribution in [2.45, 2.75) is 32.4 Å². The zero-order valence-electron chi connectivity index (χ0n) is 14.3. The smallest absolute Gasteiger partial charge is 0.239 e. The molecule has 2 saturated heterocycles. The van der Waals surface area contributed by atoms with Crippen molar-refractivity contribution in [2.75, 3.05) is 10.7 Å². The van der Waals surface area contributed by atoms with Gasteiger partial charge in [-0.25, -0.2) is 4.90 Å². The minimum absolute atomic E-state index is 0.119. The van der Waals surface area contributed by atoms with Crippen LogP contribution in [0.5, 0.6) is 0 Å². The number of hydrogen-bond donors (Lipinski definition) is 0. The molecule has 3 aliphatic rings. The summed E-state index contributed by atoms with van der Waals surface area (Å²) in [6.45, 7) is 7.72. The SMILES string of the molecule is CC1(C)C(=O)C(C)(C)C12SC[C@H]1C(=O)N(c3ccccc3)C(=O)[C@@H]12. The van der Waals surface area contributed by atoms with Gasteiger partial charge in [0.25, 0.3) is 0 Å². The number of carbonyl (C=O) groups excluding carboxylic acids is 3. The number of benzene rings is 1. The van der Waals surface area contributed by atoms with Crippen molar-refractivity contribution < 1.29 is 14.4 Å². The first-order valence-corrected chi connectivity index (χ1v) is 9.28. The Morgan fingerprint density at radius 1 is 0.958 bits per heavy atom. The molecular weight excluding hydrogens is 322 g/mol. The number of thioether (sulfide) groups is 1. The summed E-state index contributed by atoms with van der Waals surface area (Å²) in [6, 6.07) is 9.10. The van der Waals surface area contributed by atoms with Crippen LogP contribution in [0, 0.1) is 22.7 Å². The Morgan fingerprint density at radius 3 is 2.12 bits per heavy atom. The molecule has 24 heavy (non-hydrogen) atoms. The van der Waals surface area contributed by atoms with Gasteiger partial charge < -0.3 is 0 Å². The lowest BCUT2D eigenvalue weighted by Crippen LogP contribution is -2.75. The number of fused-ring (bicyclic) bond motifs is 2. The van der Waals surface area contributed by atoms with Crippen LogP contribution in [0.1, 0.15) is 27.7 Å². The van der Waals surface area contributed by atoms with E-state index in [-0.39, 0.29) is 23.5 Å². The minimum Gasteiger partial charge on any atom is -0.298 e. The predicted molar refractivity (Wildman–Crippen MR) is 93.7 cm³/mol. The number of nitrogens with zero attached hydrogens (tertiary/aromatic N) is 1. The van der Waals surface area contributed by atoms with E-state index in [1.807, 2.05) is 45.9 Å². The van der Waals surface area contributed by atoms with Crippen LogP contribution in [0.25, 0.3) is 0 Å². The summed E-state index contributed by atoms with van der Waals surface area (Å²) >= 11 is 1.66. The molecule has 4 rings (SSSR count). The second-order valence-corrected chi connectivity index (χ2v) is 9.32. The van der Waals surface area contributed by atoms with Crippen LogP contribution < -0.4 is 4.90 Å². The Hall–Kier alpha value is -1.62. The van der Waals surface area contributed by atoms with Crippen LogP contribution in [-0.4, -0.2) is 28.1 Å². The summed E-state index contributed by atoms with van der Waals surface area (Å²) in [6.07, 6.45) is 0. The maximum absolute atomic E-state index is 13.3.